The van der Waals surface area contributed by atoms with E-state index in [0.717, 1.165) is 19.3 Å². The van der Waals surface area contributed by atoms with Crippen LogP contribution < -0.4 is 11.1 Å². The van der Waals surface area contributed by atoms with Crippen LogP contribution >= 0.6 is 0 Å². The first-order valence-electron chi connectivity index (χ1n) is 5.87. The molecule has 5 nitrogen and oxygen atoms in total. The van der Waals surface area contributed by atoms with Crippen molar-refractivity contribution in [1.29, 1.82) is 0 Å². The van der Waals surface area contributed by atoms with Crippen LogP contribution in [0.25, 0.3) is 0 Å². The molecule has 0 aliphatic carbocycles. The Morgan fingerprint density at radius 1 is 1.24 bits per heavy atom. The van der Waals surface area contributed by atoms with Crippen molar-refractivity contribution < 1.29 is 13.2 Å². The van der Waals surface area contributed by atoms with Crippen molar-refractivity contribution in [2.75, 3.05) is 19.3 Å². The molecule has 0 bridgehead atoms. The number of nitrogens with two attached hydrogens (primary N) is 1. The SMILES string of the molecule is CC(C)(CNC(=O)CCCCCN)S(C)(=O)=O. The Kier molecular flexibility index (Phi) is 6.70. The second-order valence-electron chi connectivity index (χ2n) is 4.91. The van der Waals surface area contributed by atoms with E-state index >= 15 is 0 Å². The van der Waals surface area contributed by atoms with Gasteiger partial charge in [0.15, 0.2) is 9.84 Å². The van der Waals surface area contributed by atoms with Gasteiger partial charge in [0.1, 0.15) is 0 Å². The average Bonchev–Trinajstić information content (AvgIpc) is 2.20. The lowest BCUT2D eigenvalue weighted by atomic mass is 10.1. The highest BCUT2D eigenvalue weighted by atomic mass is 32.2. The Labute approximate surface area is 104 Å². The number of nitrogens with one attached hydrogen (secondary N) is 1. The Hall–Kier alpha value is -0.620. The van der Waals surface area contributed by atoms with Crippen LogP contribution in [0.4, 0.5) is 0 Å². The van der Waals surface area contributed by atoms with Gasteiger partial charge in [0, 0.05) is 19.2 Å². The van der Waals surface area contributed by atoms with Crippen molar-refractivity contribution >= 4 is 15.7 Å². The van der Waals surface area contributed by atoms with E-state index in [0.29, 0.717) is 13.0 Å². The standard InChI is InChI=1S/C11H24N2O3S/c1-11(2,17(3,15)16)9-13-10(14)7-5-4-6-8-12/h4-9,12H2,1-3H3,(H,13,14). The van der Waals surface area contributed by atoms with E-state index in [-0.39, 0.29) is 12.5 Å². The summed E-state index contributed by atoms with van der Waals surface area (Å²) in [5, 5.41) is 2.66. The second kappa shape index (κ2) is 6.96. The quantitative estimate of drug-likeness (QED) is 0.623. The van der Waals surface area contributed by atoms with E-state index in [2.05, 4.69) is 5.32 Å². The summed E-state index contributed by atoms with van der Waals surface area (Å²) >= 11 is 0. The fourth-order valence-corrected chi connectivity index (χ4v) is 1.47. The summed E-state index contributed by atoms with van der Waals surface area (Å²) < 4.78 is 21.9. The predicted octanol–water partition coefficient (Wildman–Crippen LogP) is 0.445. The van der Waals surface area contributed by atoms with Gasteiger partial charge in [0.05, 0.1) is 4.75 Å². The van der Waals surface area contributed by atoms with E-state index in [4.69, 9.17) is 5.73 Å². The molecule has 0 heterocycles. The van der Waals surface area contributed by atoms with Gasteiger partial charge in [-0.1, -0.05) is 6.42 Å². The van der Waals surface area contributed by atoms with Crippen molar-refractivity contribution in [2.45, 2.75) is 44.3 Å². The van der Waals surface area contributed by atoms with E-state index in [1.54, 1.807) is 13.8 Å². The van der Waals surface area contributed by atoms with Crippen LogP contribution in [0.2, 0.25) is 0 Å². The van der Waals surface area contributed by atoms with E-state index in [9.17, 15) is 13.2 Å². The van der Waals surface area contributed by atoms with Gasteiger partial charge < -0.3 is 11.1 Å². The molecule has 0 saturated carbocycles. The molecule has 0 aliphatic heterocycles. The van der Waals surface area contributed by atoms with Gasteiger partial charge >= 0.3 is 0 Å². The fourth-order valence-electron chi connectivity index (χ4n) is 1.14. The number of carbonyl (C=O) groups excluding carboxylic acids is 1. The summed E-state index contributed by atoms with van der Waals surface area (Å²) in [6, 6.07) is 0. The molecule has 1 amide bonds. The summed E-state index contributed by atoms with van der Waals surface area (Å²) in [5.41, 5.74) is 5.34. The van der Waals surface area contributed by atoms with Crippen molar-refractivity contribution in [3.05, 3.63) is 0 Å². The van der Waals surface area contributed by atoms with Crippen LogP contribution in [0.5, 0.6) is 0 Å². The highest BCUT2D eigenvalue weighted by molar-refractivity contribution is 7.92. The third-order valence-corrected chi connectivity index (χ3v) is 4.97. The zero-order valence-corrected chi connectivity index (χ0v) is 11.8. The molecular formula is C11H24N2O3S. The van der Waals surface area contributed by atoms with Crippen molar-refractivity contribution in [1.82, 2.24) is 5.32 Å². The maximum absolute atomic E-state index is 11.4. The lowest BCUT2D eigenvalue weighted by molar-refractivity contribution is -0.121. The predicted molar refractivity (Wildman–Crippen MR) is 69.5 cm³/mol. The van der Waals surface area contributed by atoms with Crippen LogP contribution in [0, 0.1) is 0 Å². The third-order valence-electron chi connectivity index (χ3n) is 2.82. The molecule has 0 aromatic heterocycles. The van der Waals surface area contributed by atoms with Crippen molar-refractivity contribution in [3.8, 4) is 0 Å². The second-order valence-corrected chi connectivity index (χ2v) is 7.56. The van der Waals surface area contributed by atoms with Gasteiger partial charge in [-0.05, 0) is 33.2 Å². The molecule has 17 heavy (non-hydrogen) atoms. The first kappa shape index (κ1) is 16.4. The Morgan fingerprint density at radius 2 is 1.82 bits per heavy atom. The smallest absolute Gasteiger partial charge is 0.220 e. The van der Waals surface area contributed by atoms with Gasteiger partial charge in [-0.25, -0.2) is 8.42 Å². The molecule has 0 fully saturated rings. The maximum Gasteiger partial charge on any atom is 0.220 e. The number of hydrogen-bond donors (Lipinski definition) is 2. The molecule has 0 atom stereocenters. The number of carbonyl (C=O) groups is 1. The van der Waals surface area contributed by atoms with E-state index in [1.807, 2.05) is 0 Å². The maximum atomic E-state index is 11.4. The summed E-state index contributed by atoms with van der Waals surface area (Å²) in [5.74, 6) is -0.0984. The van der Waals surface area contributed by atoms with Crippen molar-refractivity contribution in [2.24, 2.45) is 5.73 Å². The Bertz CT molecular complexity index is 337. The molecule has 0 aromatic rings. The largest absolute Gasteiger partial charge is 0.355 e. The molecule has 0 aliphatic rings. The highest BCUT2D eigenvalue weighted by Gasteiger charge is 2.30. The van der Waals surface area contributed by atoms with Gasteiger partial charge in [-0.2, -0.15) is 0 Å². The van der Waals surface area contributed by atoms with Crippen LogP contribution in [0.3, 0.4) is 0 Å². The lowest BCUT2D eigenvalue weighted by Crippen LogP contribution is -2.43. The highest BCUT2D eigenvalue weighted by Crippen LogP contribution is 2.13. The van der Waals surface area contributed by atoms with E-state index < -0.39 is 14.6 Å². The average molecular weight is 264 g/mol. The van der Waals surface area contributed by atoms with E-state index in [1.165, 1.54) is 6.26 Å². The molecule has 0 rings (SSSR count). The monoisotopic (exact) mass is 264 g/mol. The fraction of sp³-hybridized carbons (Fsp3) is 0.909. The molecule has 0 radical (unpaired) electrons. The zero-order chi connectivity index (χ0) is 13.5. The summed E-state index contributed by atoms with van der Waals surface area (Å²) in [4.78, 5) is 11.4. The molecule has 0 unspecified atom stereocenters. The molecule has 0 saturated heterocycles. The van der Waals surface area contributed by atoms with Crippen LogP contribution in [-0.2, 0) is 14.6 Å². The first-order chi connectivity index (χ1) is 7.70. The number of amides is 1. The number of hydrogen-bond acceptors (Lipinski definition) is 4. The Balaban J connectivity index is 3.92. The number of rotatable bonds is 8. The molecular weight excluding hydrogens is 240 g/mol. The lowest BCUT2D eigenvalue weighted by Gasteiger charge is -2.22. The first-order valence-corrected chi connectivity index (χ1v) is 7.76. The van der Waals surface area contributed by atoms with Gasteiger partial charge in [0.25, 0.3) is 0 Å². The van der Waals surface area contributed by atoms with Crippen LogP contribution in [-0.4, -0.2) is 38.4 Å². The summed E-state index contributed by atoms with van der Waals surface area (Å²) in [6.45, 7) is 4.01. The molecule has 3 N–H and O–H groups in total. The van der Waals surface area contributed by atoms with Gasteiger partial charge in [-0.3, -0.25) is 4.79 Å². The number of unbranched alkanes of at least 4 members (excludes halogenated alkanes) is 2. The summed E-state index contributed by atoms with van der Waals surface area (Å²) in [7, 11) is -3.16. The summed E-state index contributed by atoms with van der Waals surface area (Å²) in [6.07, 6.45) is 4.25. The van der Waals surface area contributed by atoms with Crippen molar-refractivity contribution in [3.63, 3.8) is 0 Å². The zero-order valence-electron chi connectivity index (χ0n) is 11.0. The molecule has 102 valence electrons. The normalized spacial score (nSPS) is 12.5. The molecule has 0 aromatic carbocycles. The number of sulfone groups is 1. The topological polar surface area (TPSA) is 89.3 Å². The van der Waals surface area contributed by atoms with Crippen LogP contribution in [0.15, 0.2) is 0 Å². The Morgan fingerprint density at radius 3 is 2.29 bits per heavy atom. The molecule has 0 spiro atoms. The van der Waals surface area contributed by atoms with Gasteiger partial charge in [0.2, 0.25) is 5.91 Å². The minimum Gasteiger partial charge on any atom is -0.355 e. The third kappa shape index (κ3) is 6.63. The minimum atomic E-state index is -3.16. The van der Waals surface area contributed by atoms with Crippen LogP contribution in [0.1, 0.15) is 39.5 Å². The minimum absolute atomic E-state index is 0.0984. The molecule has 6 heteroatoms. The van der Waals surface area contributed by atoms with Gasteiger partial charge in [-0.15, -0.1) is 0 Å².